The van der Waals surface area contributed by atoms with Crippen molar-refractivity contribution in [2.24, 2.45) is 5.41 Å². The number of carboxylic acids is 1. The van der Waals surface area contributed by atoms with E-state index in [9.17, 15) is 14.7 Å². The normalized spacial score (nSPS) is 12.6. The van der Waals surface area contributed by atoms with Gasteiger partial charge in [-0.2, -0.15) is 0 Å². The molecule has 2 N–H and O–H groups in total. The molecule has 0 aliphatic rings. The number of carboxylic acid groups (broad SMARTS) is 1. The highest BCUT2D eigenvalue weighted by molar-refractivity contribution is 6.07. The second kappa shape index (κ2) is 10.2. The van der Waals surface area contributed by atoms with Crippen LogP contribution in [0.4, 0.5) is 5.69 Å². The van der Waals surface area contributed by atoms with Crippen LogP contribution >= 0.6 is 0 Å². The summed E-state index contributed by atoms with van der Waals surface area (Å²) >= 11 is 0. The Bertz CT molecular complexity index is 532. The highest BCUT2D eigenvalue weighted by Gasteiger charge is 2.36. The van der Waals surface area contributed by atoms with Gasteiger partial charge >= 0.3 is 0 Å². The van der Waals surface area contributed by atoms with Gasteiger partial charge in [0.15, 0.2) is 0 Å². The number of carbonyl (C=O) groups excluding carboxylic acids is 2. The zero-order valence-corrected chi connectivity index (χ0v) is 16.2. The number of para-hydroxylation sites is 1. The van der Waals surface area contributed by atoms with E-state index in [-0.39, 0.29) is 18.9 Å². The number of amides is 1. The molecular weight excluding hydrogens is 320 g/mol. The summed E-state index contributed by atoms with van der Waals surface area (Å²) in [5.41, 5.74) is -0.861. The number of benzene rings is 1. The average Bonchev–Trinajstić information content (AvgIpc) is 2.47. The number of aliphatic hydroxyl groups is 1. The van der Waals surface area contributed by atoms with E-state index in [1.807, 2.05) is 13.0 Å². The number of aliphatic carboxylic acids is 1. The van der Waals surface area contributed by atoms with Crippen LogP contribution in [0.2, 0.25) is 0 Å². The number of hydrogen-bond donors (Lipinski definition) is 2. The van der Waals surface area contributed by atoms with Crippen molar-refractivity contribution in [1.29, 1.82) is 0 Å². The standard InChI is InChI=1S/C13H17NO3.C6H16NO/c1-3-13(4-2,12(16)17)11(15)14-10-8-6-5-7-9-10;1-6(8)5-7(2,3)4/h5-9H,3-4H2,1-2H3,(H,14,15)(H,16,17);6,8H,5H2,1-4H3/q;+1/p-1. The number of quaternary nitrogens is 1. The molecule has 1 aromatic carbocycles. The molecule has 1 amide bonds. The first-order valence-electron chi connectivity index (χ1n) is 8.55. The first-order chi connectivity index (χ1) is 11.5. The number of aliphatic hydroxyl groups excluding tert-OH is 1. The maximum absolute atomic E-state index is 12.0. The Labute approximate surface area is 151 Å². The van der Waals surface area contributed by atoms with Crippen LogP contribution in [0.3, 0.4) is 0 Å². The van der Waals surface area contributed by atoms with Crippen LogP contribution in [-0.4, -0.2) is 55.3 Å². The maximum atomic E-state index is 12.0. The van der Waals surface area contributed by atoms with Gasteiger partial charge in [0, 0.05) is 5.69 Å². The third-order valence-electron chi connectivity index (χ3n) is 3.88. The predicted molar refractivity (Wildman–Crippen MR) is 97.7 cm³/mol. The minimum Gasteiger partial charge on any atom is -0.549 e. The number of nitrogens with one attached hydrogen (secondary N) is 1. The first kappa shape index (κ1) is 23.1. The van der Waals surface area contributed by atoms with Gasteiger partial charge in [0.25, 0.3) is 0 Å². The zero-order chi connectivity index (χ0) is 19.7. The lowest BCUT2D eigenvalue weighted by molar-refractivity contribution is -0.873. The second-order valence-corrected chi connectivity index (χ2v) is 7.22. The average molecular weight is 352 g/mol. The van der Waals surface area contributed by atoms with Gasteiger partial charge in [-0.05, 0) is 31.9 Å². The molecular formula is C19H32N2O4. The Kier molecular flexibility index (Phi) is 9.38. The van der Waals surface area contributed by atoms with Gasteiger partial charge in [0.05, 0.1) is 32.5 Å². The molecule has 0 radical (unpaired) electrons. The molecule has 0 bridgehead atoms. The van der Waals surface area contributed by atoms with E-state index in [1.165, 1.54) is 0 Å². The van der Waals surface area contributed by atoms with Crippen molar-refractivity contribution in [2.75, 3.05) is 33.0 Å². The summed E-state index contributed by atoms with van der Waals surface area (Å²) in [5, 5.41) is 22.6. The van der Waals surface area contributed by atoms with E-state index < -0.39 is 17.3 Å². The minimum absolute atomic E-state index is 0.185. The number of likely N-dealkylation sites (N-methyl/N-ethyl adjacent to an activating group) is 1. The Hall–Kier alpha value is -1.92. The molecule has 142 valence electrons. The summed E-state index contributed by atoms with van der Waals surface area (Å²) in [6, 6.07) is 8.79. The fourth-order valence-corrected chi connectivity index (χ4v) is 2.52. The predicted octanol–water partition coefficient (Wildman–Crippen LogP) is 1.25. The highest BCUT2D eigenvalue weighted by atomic mass is 16.4. The number of anilines is 1. The van der Waals surface area contributed by atoms with E-state index >= 15 is 0 Å². The summed E-state index contributed by atoms with van der Waals surface area (Å²) in [6.07, 6.45) is 0.240. The molecule has 25 heavy (non-hydrogen) atoms. The van der Waals surface area contributed by atoms with Gasteiger partial charge in [-0.15, -0.1) is 0 Å². The molecule has 0 saturated carbocycles. The van der Waals surface area contributed by atoms with Gasteiger partial charge in [-0.3, -0.25) is 4.79 Å². The Morgan fingerprint density at radius 1 is 1.16 bits per heavy atom. The van der Waals surface area contributed by atoms with Gasteiger partial charge < -0.3 is 24.8 Å². The largest absolute Gasteiger partial charge is 0.549 e. The van der Waals surface area contributed by atoms with E-state index in [0.29, 0.717) is 5.69 Å². The minimum atomic E-state index is -1.45. The van der Waals surface area contributed by atoms with E-state index in [1.54, 1.807) is 38.1 Å². The van der Waals surface area contributed by atoms with E-state index in [2.05, 4.69) is 26.5 Å². The van der Waals surface area contributed by atoms with Crippen molar-refractivity contribution < 1.29 is 24.3 Å². The molecule has 0 saturated heterocycles. The van der Waals surface area contributed by atoms with Crippen LogP contribution in [0.1, 0.15) is 33.6 Å². The molecule has 0 aromatic heterocycles. The third-order valence-corrected chi connectivity index (χ3v) is 3.88. The smallest absolute Gasteiger partial charge is 0.236 e. The van der Waals surface area contributed by atoms with Crippen molar-refractivity contribution in [3.63, 3.8) is 0 Å². The first-order valence-corrected chi connectivity index (χ1v) is 8.55. The molecule has 0 aliphatic heterocycles. The van der Waals surface area contributed by atoms with Gasteiger partial charge in [-0.25, -0.2) is 0 Å². The van der Waals surface area contributed by atoms with Crippen molar-refractivity contribution in [3.05, 3.63) is 30.3 Å². The van der Waals surface area contributed by atoms with Crippen molar-refractivity contribution in [2.45, 2.75) is 39.7 Å². The number of carbonyl (C=O) groups is 2. The fraction of sp³-hybridized carbons (Fsp3) is 0.579. The number of nitrogens with zero attached hydrogens (tertiary/aromatic N) is 1. The van der Waals surface area contributed by atoms with Gasteiger partial charge in [-0.1, -0.05) is 32.0 Å². The maximum Gasteiger partial charge on any atom is 0.236 e. The molecule has 1 atom stereocenters. The molecule has 1 aromatic rings. The second-order valence-electron chi connectivity index (χ2n) is 7.22. The van der Waals surface area contributed by atoms with Crippen molar-refractivity contribution in [3.8, 4) is 0 Å². The Balaban J connectivity index is 0.000000609. The molecule has 6 heteroatoms. The van der Waals surface area contributed by atoms with Crippen LogP contribution in [0.25, 0.3) is 0 Å². The van der Waals surface area contributed by atoms with Crippen molar-refractivity contribution >= 4 is 17.6 Å². The summed E-state index contributed by atoms with van der Waals surface area (Å²) < 4.78 is 0.831. The van der Waals surface area contributed by atoms with Crippen LogP contribution < -0.4 is 10.4 Å². The van der Waals surface area contributed by atoms with Crippen LogP contribution in [-0.2, 0) is 9.59 Å². The van der Waals surface area contributed by atoms with Crippen LogP contribution in [0.5, 0.6) is 0 Å². The lowest BCUT2D eigenvalue weighted by Gasteiger charge is -2.31. The summed E-state index contributed by atoms with van der Waals surface area (Å²) in [5.74, 6) is -1.84. The van der Waals surface area contributed by atoms with E-state index in [4.69, 9.17) is 5.11 Å². The van der Waals surface area contributed by atoms with Crippen LogP contribution in [0.15, 0.2) is 30.3 Å². The Morgan fingerprint density at radius 3 is 1.92 bits per heavy atom. The molecule has 1 unspecified atom stereocenters. The molecule has 6 nitrogen and oxygen atoms in total. The molecule has 0 fully saturated rings. The molecule has 0 spiro atoms. The summed E-state index contributed by atoms with van der Waals surface area (Å²) in [4.78, 5) is 23.1. The van der Waals surface area contributed by atoms with Gasteiger partial charge in [0.2, 0.25) is 5.91 Å². The molecule has 0 aliphatic carbocycles. The molecule has 0 heterocycles. The van der Waals surface area contributed by atoms with Crippen molar-refractivity contribution in [1.82, 2.24) is 0 Å². The fourth-order valence-electron chi connectivity index (χ4n) is 2.52. The van der Waals surface area contributed by atoms with Crippen LogP contribution in [0, 0.1) is 5.41 Å². The quantitative estimate of drug-likeness (QED) is 0.571. The topological polar surface area (TPSA) is 89.5 Å². The monoisotopic (exact) mass is 352 g/mol. The summed E-state index contributed by atoms with van der Waals surface area (Å²) in [7, 11) is 6.19. The zero-order valence-electron chi connectivity index (χ0n) is 16.2. The van der Waals surface area contributed by atoms with E-state index in [0.717, 1.165) is 11.0 Å². The number of rotatable bonds is 7. The highest BCUT2D eigenvalue weighted by Crippen LogP contribution is 2.27. The summed E-state index contributed by atoms with van der Waals surface area (Å²) in [6.45, 7) is 5.97. The lowest BCUT2D eigenvalue weighted by atomic mass is 9.81. The molecule has 1 rings (SSSR count). The third kappa shape index (κ3) is 8.14. The SMILES string of the molecule is CC(O)C[N+](C)(C)C.CCC(CC)(C(=O)[O-])C(=O)Nc1ccccc1. The lowest BCUT2D eigenvalue weighted by Crippen LogP contribution is -2.49. The Morgan fingerprint density at radius 2 is 1.64 bits per heavy atom. The number of hydrogen-bond acceptors (Lipinski definition) is 4. The van der Waals surface area contributed by atoms with Gasteiger partial charge in [0.1, 0.15) is 12.6 Å².